The molecule has 0 saturated heterocycles. The van der Waals surface area contributed by atoms with E-state index in [2.05, 4.69) is 18.8 Å². The minimum atomic E-state index is -0.966. The van der Waals surface area contributed by atoms with Gasteiger partial charge in [-0.1, -0.05) is 30.4 Å². The van der Waals surface area contributed by atoms with Crippen molar-refractivity contribution in [1.82, 2.24) is 0 Å². The van der Waals surface area contributed by atoms with Crippen LogP contribution in [-0.4, -0.2) is 21.6 Å². The highest BCUT2D eigenvalue weighted by Gasteiger charge is 2.62. The van der Waals surface area contributed by atoms with E-state index in [-0.39, 0.29) is 11.2 Å². The van der Waals surface area contributed by atoms with Crippen LogP contribution < -0.4 is 0 Å². The van der Waals surface area contributed by atoms with Crippen LogP contribution in [-0.2, 0) is 4.79 Å². The number of aliphatic hydroxyl groups is 1. The molecule has 1 aromatic carbocycles. The third kappa shape index (κ3) is 2.96. The van der Waals surface area contributed by atoms with E-state index in [0.29, 0.717) is 35.9 Å². The summed E-state index contributed by atoms with van der Waals surface area (Å²) in [5.74, 6) is 9.30. The topological polar surface area (TPSA) is 57.5 Å². The third-order valence-corrected chi connectivity index (χ3v) is 8.71. The van der Waals surface area contributed by atoms with Crippen molar-refractivity contribution < 1.29 is 15.0 Å². The number of phenols is 1. The molecule has 1 aromatic rings. The fraction of sp³-hybridized carbons (Fsp3) is 0.577. The Bertz CT molecular complexity index is 935. The van der Waals surface area contributed by atoms with E-state index in [4.69, 9.17) is 0 Å². The average Bonchev–Trinajstić information content (AvgIpc) is 2.97. The maximum atomic E-state index is 11.9. The molecule has 1 unspecified atom stereocenters. The van der Waals surface area contributed by atoms with Gasteiger partial charge in [0, 0.05) is 17.4 Å². The van der Waals surface area contributed by atoms with E-state index in [1.165, 1.54) is 5.57 Å². The molecule has 0 amide bonds. The zero-order valence-corrected chi connectivity index (χ0v) is 17.2. The molecule has 3 nitrogen and oxygen atoms in total. The molecule has 3 fully saturated rings. The Balaban J connectivity index is 1.42. The summed E-state index contributed by atoms with van der Waals surface area (Å²) in [7, 11) is 0. The maximum Gasteiger partial charge on any atom is 0.155 e. The smallest absolute Gasteiger partial charge is 0.155 e. The fourth-order valence-electron chi connectivity index (χ4n) is 7.16. The molecule has 0 bridgehead atoms. The van der Waals surface area contributed by atoms with Gasteiger partial charge in [-0.15, -0.1) is 0 Å². The number of allylic oxidation sites excluding steroid dienone is 1. The van der Waals surface area contributed by atoms with E-state index in [0.717, 1.165) is 50.5 Å². The Labute approximate surface area is 173 Å². The number of benzene rings is 1. The summed E-state index contributed by atoms with van der Waals surface area (Å²) >= 11 is 0. The molecule has 6 atom stereocenters. The van der Waals surface area contributed by atoms with E-state index >= 15 is 0 Å². The lowest BCUT2D eigenvalue weighted by atomic mass is 9.50. The maximum absolute atomic E-state index is 11.9. The van der Waals surface area contributed by atoms with Crippen molar-refractivity contribution >= 4 is 5.78 Å². The van der Waals surface area contributed by atoms with Crippen molar-refractivity contribution in [2.75, 3.05) is 0 Å². The van der Waals surface area contributed by atoms with Gasteiger partial charge in [0.05, 0.1) is 0 Å². The highest BCUT2D eigenvalue weighted by molar-refractivity contribution is 5.91. The zero-order chi connectivity index (χ0) is 20.2. The molecular weight excluding hydrogens is 360 g/mol. The second-order valence-corrected chi connectivity index (χ2v) is 9.96. The summed E-state index contributed by atoms with van der Waals surface area (Å²) in [6, 6.07) is 6.96. The summed E-state index contributed by atoms with van der Waals surface area (Å²) in [6.45, 7) is 2.26. The summed E-state index contributed by atoms with van der Waals surface area (Å²) in [6.07, 6.45) is 9.78. The minimum Gasteiger partial charge on any atom is -0.508 e. The number of aromatic hydroxyl groups is 1. The molecule has 4 aliphatic rings. The Morgan fingerprint density at radius 1 is 1.07 bits per heavy atom. The molecular formula is C26H30O3. The summed E-state index contributed by atoms with van der Waals surface area (Å²) in [4.78, 5) is 11.9. The summed E-state index contributed by atoms with van der Waals surface area (Å²) in [5, 5.41) is 21.3. The summed E-state index contributed by atoms with van der Waals surface area (Å²) < 4.78 is 0. The molecule has 3 heteroatoms. The van der Waals surface area contributed by atoms with Gasteiger partial charge >= 0.3 is 0 Å². The van der Waals surface area contributed by atoms with Crippen LogP contribution >= 0.6 is 0 Å². The molecule has 0 aliphatic heterocycles. The number of carbonyl (C=O) groups excluding carboxylic acids is 1. The second kappa shape index (κ2) is 6.74. The number of carbonyl (C=O) groups is 1. The molecule has 0 spiro atoms. The summed E-state index contributed by atoms with van der Waals surface area (Å²) in [5.41, 5.74) is 1.01. The zero-order valence-electron chi connectivity index (χ0n) is 17.2. The number of hydrogen-bond donors (Lipinski definition) is 2. The van der Waals surface area contributed by atoms with Crippen LogP contribution in [0.3, 0.4) is 0 Å². The lowest BCUT2D eigenvalue weighted by Crippen LogP contribution is -2.52. The lowest BCUT2D eigenvalue weighted by Gasteiger charge is -2.54. The number of hydrogen-bond acceptors (Lipinski definition) is 3. The largest absolute Gasteiger partial charge is 0.508 e. The first-order valence-corrected chi connectivity index (χ1v) is 11.2. The van der Waals surface area contributed by atoms with Crippen molar-refractivity contribution in [3.63, 3.8) is 0 Å². The number of fused-ring (bicyclic) bond motifs is 5. The number of rotatable bonds is 0. The Morgan fingerprint density at radius 2 is 1.93 bits per heavy atom. The van der Waals surface area contributed by atoms with E-state index in [9.17, 15) is 15.0 Å². The minimum absolute atomic E-state index is 0.177. The van der Waals surface area contributed by atoms with Crippen LogP contribution in [0.2, 0.25) is 0 Å². The normalized spacial score (nSPS) is 40.8. The highest BCUT2D eigenvalue weighted by atomic mass is 16.3. The van der Waals surface area contributed by atoms with Crippen molar-refractivity contribution in [1.29, 1.82) is 0 Å². The second-order valence-electron chi connectivity index (χ2n) is 9.96. The Hall–Kier alpha value is -2.05. The van der Waals surface area contributed by atoms with Crippen molar-refractivity contribution in [3.05, 3.63) is 41.5 Å². The van der Waals surface area contributed by atoms with Crippen molar-refractivity contribution in [2.45, 2.75) is 63.9 Å². The first-order valence-electron chi connectivity index (χ1n) is 11.2. The number of phenolic OH excluding ortho intramolecular Hbond substituents is 1. The molecule has 29 heavy (non-hydrogen) atoms. The fourth-order valence-corrected chi connectivity index (χ4v) is 7.16. The lowest BCUT2D eigenvalue weighted by molar-refractivity contribution is -0.116. The van der Waals surface area contributed by atoms with Gasteiger partial charge in [0.2, 0.25) is 0 Å². The van der Waals surface area contributed by atoms with Gasteiger partial charge in [0.25, 0.3) is 0 Å². The van der Waals surface area contributed by atoms with Crippen LogP contribution in [0.15, 0.2) is 35.9 Å². The number of ketones is 1. The van der Waals surface area contributed by atoms with Gasteiger partial charge in [-0.25, -0.2) is 0 Å². The van der Waals surface area contributed by atoms with E-state index in [1.807, 2.05) is 12.1 Å². The van der Waals surface area contributed by atoms with Crippen molar-refractivity contribution in [3.8, 4) is 17.6 Å². The predicted octanol–water partition coefficient (Wildman–Crippen LogP) is 4.62. The molecule has 0 aromatic heterocycles. The quantitative estimate of drug-likeness (QED) is 0.636. The molecule has 5 rings (SSSR count). The van der Waals surface area contributed by atoms with Gasteiger partial charge in [-0.3, -0.25) is 4.79 Å². The van der Waals surface area contributed by atoms with E-state index in [1.54, 1.807) is 18.2 Å². The highest BCUT2D eigenvalue weighted by Crippen LogP contribution is 2.64. The van der Waals surface area contributed by atoms with Gasteiger partial charge in [-0.2, -0.15) is 0 Å². The molecule has 2 N–H and O–H groups in total. The SMILES string of the molecule is C[C@]12CC[C@@H]3[C@@H](CCC4=CC(=O)CC[C@@H]43)[C@H]1CCC2(O)C#Cc1cccc(O)c1. The van der Waals surface area contributed by atoms with Crippen LogP contribution in [0.1, 0.15) is 63.9 Å². The van der Waals surface area contributed by atoms with Crippen LogP contribution in [0.25, 0.3) is 0 Å². The van der Waals surface area contributed by atoms with Gasteiger partial charge in [-0.05, 0) is 92.9 Å². The monoisotopic (exact) mass is 390 g/mol. The molecule has 3 saturated carbocycles. The first-order chi connectivity index (χ1) is 13.9. The van der Waals surface area contributed by atoms with Gasteiger partial charge < -0.3 is 10.2 Å². The molecule has 0 radical (unpaired) electrons. The predicted molar refractivity (Wildman–Crippen MR) is 112 cm³/mol. The molecule has 152 valence electrons. The van der Waals surface area contributed by atoms with E-state index < -0.39 is 5.60 Å². The standard InChI is InChI=1S/C26H30O3/c1-25-12-10-22-21-8-6-20(28)16-18(21)5-7-23(22)24(25)11-14-26(25,29)13-9-17-3-2-4-19(27)15-17/h2-4,15-16,21-24,27,29H,5-8,10-12,14H2,1H3/t21-,22-,23+,24+,25-,26?/m0/s1. The van der Waals surface area contributed by atoms with Crippen LogP contribution in [0, 0.1) is 40.9 Å². The average molecular weight is 391 g/mol. The van der Waals surface area contributed by atoms with Gasteiger partial charge in [0.1, 0.15) is 11.4 Å². The van der Waals surface area contributed by atoms with Crippen LogP contribution in [0.4, 0.5) is 0 Å². The third-order valence-electron chi connectivity index (χ3n) is 8.71. The van der Waals surface area contributed by atoms with Crippen molar-refractivity contribution in [2.24, 2.45) is 29.1 Å². The molecule has 0 heterocycles. The van der Waals surface area contributed by atoms with Gasteiger partial charge in [0.15, 0.2) is 5.78 Å². The first kappa shape index (κ1) is 18.9. The Morgan fingerprint density at radius 3 is 2.76 bits per heavy atom. The van der Waals surface area contributed by atoms with Crippen LogP contribution in [0.5, 0.6) is 5.75 Å². The Kier molecular flexibility index (Phi) is 4.40. The molecule has 4 aliphatic carbocycles.